The van der Waals surface area contributed by atoms with Crippen LogP contribution < -0.4 is 10.1 Å². The third kappa shape index (κ3) is 7.08. The third-order valence-corrected chi connectivity index (χ3v) is 6.45. The standard InChI is InChI=1S/C28H38N2O3/c1-5-25(28(32)29-24-12-7-6-8-13-24)30(18-23-11-9-10-20(2)17-23)27(31)19-33-26-15-14-21(3)16-22(26)4/h9-11,14-17,24-25H,5-8,12-13,18-19H2,1-4H3,(H,29,32). The van der Waals surface area contributed by atoms with Gasteiger partial charge in [-0.05, 0) is 57.2 Å². The van der Waals surface area contributed by atoms with Gasteiger partial charge in [0.05, 0.1) is 0 Å². The van der Waals surface area contributed by atoms with Crippen LogP contribution in [0.4, 0.5) is 0 Å². The lowest BCUT2D eigenvalue weighted by Gasteiger charge is -2.32. The number of nitrogens with one attached hydrogen (secondary N) is 1. The van der Waals surface area contributed by atoms with Crippen LogP contribution in [0.3, 0.4) is 0 Å². The van der Waals surface area contributed by atoms with Crippen molar-refractivity contribution in [1.29, 1.82) is 0 Å². The summed E-state index contributed by atoms with van der Waals surface area (Å²) >= 11 is 0. The van der Waals surface area contributed by atoms with Crippen LogP contribution in [0.2, 0.25) is 0 Å². The second kappa shape index (κ2) is 11.9. The van der Waals surface area contributed by atoms with Gasteiger partial charge in [-0.1, -0.05) is 73.7 Å². The second-order valence-corrected chi connectivity index (χ2v) is 9.34. The van der Waals surface area contributed by atoms with E-state index in [1.165, 1.54) is 6.42 Å². The number of aryl methyl sites for hydroxylation is 3. The lowest BCUT2D eigenvalue weighted by atomic mass is 9.95. The summed E-state index contributed by atoms with van der Waals surface area (Å²) in [7, 11) is 0. The van der Waals surface area contributed by atoms with Crippen LogP contribution in [-0.4, -0.2) is 35.4 Å². The number of carbonyl (C=O) groups is 2. The fourth-order valence-corrected chi connectivity index (χ4v) is 4.65. The SMILES string of the molecule is CCC(C(=O)NC1CCCCC1)N(Cc1cccc(C)c1)C(=O)COc1ccc(C)cc1C. The fourth-order valence-electron chi connectivity index (χ4n) is 4.65. The monoisotopic (exact) mass is 450 g/mol. The Morgan fingerprint density at radius 2 is 1.76 bits per heavy atom. The van der Waals surface area contributed by atoms with Gasteiger partial charge in [-0.2, -0.15) is 0 Å². The number of ether oxygens (including phenoxy) is 1. The van der Waals surface area contributed by atoms with Crippen molar-refractivity contribution in [2.24, 2.45) is 0 Å². The Hall–Kier alpha value is -2.82. The van der Waals surface area contributed by atoms with Gasteiger partial charge >= 0.3 is 0 Å². The molecule has 1 saturated carbocycles. The minimum atomic E-state index is -0.525. The highest BCUT2D eigenvalue weighted by atomic mass is 16.5. The molecule has 1 aliphatic carbocycles. The highest BCUT2D eigenvalue weighted by Gasteiger charge is 2.30. The molecule has 0 radical (unpaired) electrons. The van der Waals surface area contributed by atoms with Crippen LogP contribution >= 0.6 is 0 Å². The van der Waals surface area contributed by atoms with Crippen LogP contribution in [0, 0.1) is 20.8 Å². The van der Waals surface area contributed by atoms with Gasteiger partial charge in [-0.15, -0.1) is 0 Å². The zero-order valence-electron chi connectivity index (χ0n) is 20.5. The Morgan fingerprint density at radius 1 is 1.03 bits per heavy atom. The smallest absolute Gasteiger partial charge is 0.261 e. The molecule has 1 N–H and O–H groups in total. The number of hydrogen-bond acceptors (Lipinski definition) is 3. The summed E-state index contributed by atoms with van der Waals surface area (Å²) in [6.45, 7) is 8.29. The highest BCUT2D eigenvalue weighted by molar-refractivity contribution is 5.88. The lowest BCUT2D eigenvalue weighted by Crippen LogP contribution is -2.52. The molecule has 2 aromatic carbocycles. The Kier molecular flexibility index (Phi) is 8.93. The molecule has 0 saturated heterocycles. The summed E-state index contributed by atoms with van der Waals surface area (Å²) in [6.07, 6.45) is 6.12. The number of rotatable bonds is 9. The summed E-state index contributed by atoms with van der Waals surface area (Å²) < 4.78 is 5.90. The Labute approximate surface area is 198 Å². The Bertz CT molecular complexity index is 950. The summed E-state index contributed by atoms with van der Waals surface area (Å²) in [4.78, 5) is 28.4. The minimum Gasteiger partial charge on any atom is -0.483 e. The van der Waals surface area contributed by atoms with Crippen molar-refractivity contribution < 1.29 is 14.3 Å². The predicted molar refractivity (Wildman–Crippen MR) is 132 cm³/mol. The van der Waals surface area contributed by atoms with Crippen molar-refractivity contribution >= 4 is 11.8 Å². The molecule has 1 fully saturated rings. The largest absolute Gasteiger partial charge is 0.483 e. The van der Waals surface area contributed by atoms with Crippen LogP contribution in [0.1, 0.15) is 67.7 Å². The van der Waals surface area contributed by atoms with E-state index in [0.29, 0.717) is 18.7 Å². The summed E-state index contributed by atoms with van der Waals surface area (Å²) in [6, 6.07) is 13.7. The van der Waals surface area contributed by atoms with Crippen molar-refractivity contribution in [3.63, 3.8) is 0 Å². The highest BCUT2D eigenvalue weighted by Crippen LogP contribution is 2.21. The average Bonchev–Trinajstić information content (AvgIpc) is 2.79. The molecular weight excluding hydrogens is 412 g/mol. The molecule has 33 heavy (non-hydrogen) atoms. The Balaban J connectivity index is 1.77. The van der Waals surface area contributed by atoms with Gasteiger partial charge in [-0.3, -0.25) is 9.59 Å². The van der Waals surface area contributed by atoms with Gasteiger partial charge in [-0.25, -0.2) is 0 Å². The van der Waals surface area contributed by atoms with E-state index >= 15 is 0 Å². The van der Waals surface area contributed by atoms with Gasteiger partial charge < -0.3 is 15.0 Å². The molecular formula is C28H38N2O3. The van der Waals surface area contributed by atoms with Gasteiger partial charge in [0.25, 0.3) is 5.91 Å². The van der Waals surface area contributed by atoms with E-state index in [-0.39, 0.29) is 24.5 Å². The van der Waals surface area contributed by atoms with Crippen LogP contribution in [0.25, 0.3) is 0 Å². The first-order chi connectivity index (χ1) is 15.9. The molecule has 0 bridgehead atoms. The quantitative estimate of drug-likeness (QED) is 0.568. The number of benzene rings is 2. The molecule has 5 nitrogen and oxygen atoms in total. The van der Waals surface area contributed by atoms with E-state index in [9.17, 15) is 9.59 Å². The number of nitrogens with zero attached hydrogens (tertiary/aromatic N) is 1. The zero-order chi connectivity index (χ0) is 23.8. The number of carbonyl (C=O) groups excluding carboxylic acids is 2. The fraction of sp³-hybridized carbons (Fsp3) is 0.500. The third-order valence-electron chi connectivity index (χ3n) is 6.45. The molecule has 178 valence electrons. The van der Waals surface area contributed by atoms with E-state index in [1.54, 1.807) is 4.90 Å². The van der Waals surface area contributed by atoms with Crippen molar-refractivity contribution in [1.82, 2.24) is 10.2 Å². The maximum Gasteiger partial charge on any atom is 0.261 e. The maximum atomic E-state index is 13.4. The zero-order valence-corrected chi connectivity index (χ0v) is 20.5. The van der Waals surface area contributed by atoms with Crippen LogP contribution in [-0.2, 0) is 16.1 Å². The molecule has 0 aromatic heterocycles. The maximum absolute atomic E-state index is 13.4. The summed E-state index contributed by atoms with van der Waals surface area (Å²) in [5.41, 5.74) is 4.29. The molecule has 1 aliphatic rings. The van der Waals surface area contributed by atoms with E-state index in [0.717, 1.165) is 47.9 Å². The number of amides is 2. The molecule has 1 atom stereocenters. The second-order valence-electron chi connectivity index (χ2n) is 9.34. The molecule has 1 unspecified atom stereocenters. The Morgan fingerprint density at radius 3 is 2.42 bits per heavy atom. The van der Waals surface area contributed by atoms with Crippen LogP contribution in [0.15, 0.2) is 42.5 Å². The summed E-state index contributed by atoms with van der Waals surface area (Å²) in [5, 5.41) is 3.22. The molecule has 5 heteroatoms. The first-order valence-electron chi connectivity index (χ1n) is 12.2. The van der Waals surface area contributed by atoms with Crippen LogP contribution in [0.5, 0.6) is 5.75 Å². The molecule has 3 rings (SSSR count). The van der Waals surface area contributed by atoms with Crippen molar-refractivity contribution in [3.8, 4) is 5.75 Å². The van der Waals surface area contributed by atoms with Gasteiger partial charge in [0.1, 0.15) is 11.8 Å². The lowest BCUT2D eigenvalue weighted by molar-refractivity contribution is -0.143. The van der Waals surface area contributed by atoms with Crippen molar-refractivity contribution in [2.75, 3.05) is 6.61 Å². The van der Waals surface area contributed by atoms with Gasteiger partial charge in [0, 0.05) is 12.6 Å². The summed E-state index contributed by atoms with van der Waals surface area (Å²) in [5.74, 6) is 0.461. The van der Waals surface area contributed by atoms with E-state index in [1.807, 2.05) is 64.1 Å². The normalized spacial score (nSPS) is 15.0. The molecule has 2 amide bonds. The first kappa shape index (κ1) is 24.8. The van der Waals surface area contributed by atoms with E-state index < -0.39 is 6.04 Å². The van der Waals surface area contributed by atoms with Crippen molar-refractivity contribution in [3.05, 3.63) is 64.7 Å². The first-order valence-corrected chi connectivity index (χ1v) is 12.2. The van der Waals surface area contributed by atoms with Crippen molar-refractivity contribution in [2.45, 2.75) is 84.8 Å². The topological polar surface area (TPSA) is 58.6 Å². The number of hydrogen-bond donors (Lipinski definition) is 1. The predicted octanol–water partition coefficient (Wildman–Crippen LogP) is 5.25. The minimum absolute atomic E-state index is 0.0584. The molecule has 0 heterocycles. The average molecular weight is 451 g/mol. The molecule has 0 aliphatic heterocycles. The molecule has 2 aromatic rings. The van der Waals surface area contributed by atoms with Gasteiger partial charge in [0.15, 0.2) is 6.61 Å². The van der Waals surface area contributed by atoms with E-state index in [2.05, 4.69) is 11.4 Å². The van der Waals surface area contributed by atoms with Gasteiger partial charge in [0.2, 0.25) is 5.91 Å². The molecule has 0 spiro atoms. The van der Waals surface area contributed by atoms with E-state index in [4.69, 9.17) is 4.74 Å².